The molecule has 0 radical (unpaired) electrons. The first kappa shape index (κ1) is 7.98. The molecule has 3 heteroatoms. The van der Waals surface area contributed by atoms with Crippen LogP contribution in [0.5, 0.6) is 0 Å². The van der Waals surface area contributed by atoms with Crippen LogP contribution in [0.1, 0.15) is 19.3 Å². The van der Waals surface area contributed by atoms with Gasteiger partial charge < -0.3 is 9.94 Å². The van der Waals surface area contributed by atoms with Crippen molar-refractivity contribution < 1.29 is 9.94 Å². The van der Waals surface area contributed by atoms with E-state index in [1.165, 1.54) is 0 Å². The monoisotopic (exact) mass is 145 g/mol. The zero-order chi connectivity index (χ0) is 7.40. The summed E-state index contributed by atoms with van der Waals surface area (Å²) >= 11 is 0. The second-order valence-electron chi connectivity index (χ2n) is 3.06. The third kappa shape index (κ3) is 1.94. The minimum absolute atomic E-state index is 0.321. The Hall–Kier alpha value is -0.120. The van der Waals surface area contributed by atoms with Crippen LogP contribution in [0.2, 0.25) is 0 Å². The predicted octanol–water partition coefficient (Wildman–Crippen LogP) is 0.285. The van der Waals surface area contributed by atoms with Gasteiger partial charge in [-0.2, -0.15) is 0 Å². The number of aliphatic hydroxyl groups excluding tert-OH is 1. The van der Waals surface area contributed by atoms with Gasteiger partial charge in [0.25, 0.3) is 0 Å². The Labute approximate surface area is 61.1 Å². The second kappa shape index (κ2) is 3.91. The molecule has 2 atom stereocenters. The van der Waals surface area contributed by atoms with Crippen LogP contribution in [0.25, 0.3) is 0 Å². The van der Waals surface area contributed by atoms with E-state index in [0.717, 1.165) is 19.3 Å². The first-order valence-electron chi connectivity index (χ1n) is 3.79. The summed E-state index contributed by atoms with van der Waals surface area (Å²) in [5, 5.41) is 8.78. The van der Waals surface area contributed by atoms with Gasteiger partial charge in [0.05, 0.1) is 6.61 Å². The highest BCUT2D eigenvalue weighted by atomic mass is 16.6. The van der Waals surface area contributed by atoms with E-state index in [1.54, 1.807) is 0 Å². The summed E-state index contributed by atoms with van der Waals surface area (Å²) in [4.78, 5) is 4.54. The van der Waals surface area contributed by atoms with Crippen LogP contribution in [0.4, 0.5) is 0 Å². The van der Waals surface area contributed by atoms with E-state index in [-0.39, 0.29) is 0 Å². The Kier molecular flexibility index (Phi) is 3.12. The highest BCUT2D eigenvalue weighted by molar-refractivity contribution is 4.74. The third-order valence-electron chi connectivity index (χ3n) is 2.24. The van der Waals surface area contributed by atoms with Crippen molar-refractivity contribution in [2.24, 2.45) is 17.7 Å². The van der Waals surface area contributed by atoms with Crippen molar-refractivity contribution in [2.45, 2.75) is 19.3 Å². The molecule has 0 aromatic heterocycles. The van der Waals surface area contributed by atoms with Gasteiger partial charge in [-0.05, 0) is 31.1 Å². The Morgan fingerprint density at radius 1 is 1.40 bits per heavy atom. The van der Waals surface area contributed by atoms with Gasteiger partial charge in [0, 0.05) is 6.61 Å². The first-order valence-corrected chi connectivity index (χ1v) is 3.79. The van der Waals surface area contributed by atoms with Gasteiger partial charge in [0.2, 0.25) is 0 Å². The zero-order valence-electron chi connectivity index (χ0n) is 6.12. The van der Waals surface area contributed by atoms with Crippen molar-refractivity contribution in [3.63, 3.8) is 0 Å². The number of nitrogens with two attached hydrogens (primary N) is 1. The molecule has 10 heavy (non-hydrogen) atoms. The lowest BCUT2D eigenvalue weighted by molar-refractivity contribution is 0.0999. The lowest BCUT2D eigenvalue weighted by Gasteiger charge is -2.06. The number of rotatable bonds is 3. The highest BCUT2D eigenvalue weighted by Gasteiger charge is 2.23. The summed E-state index contributed by atoms with van der Waals surface area (Å²) in [7, 11) is 0. The van der Waals surface area contributed by atoms with Gasteiger partial charge in [-0.15, -0.1) is 0 Å². The predicted molar refractivity (Wildman–Crippen MR) is 38.1 cm³/mol. The van der Waals surface area contributed by atoms with Crippen LogP contribution in [-0.4, -0.2) is 18.3 Å². The van der Waals surface area contributed by atoms with E-state index >= 15 is 0 Å². The van der Waals surface area contributed by atoms with E-state index in [0.29, 0.717) is 25.0 Å². The van der Waals surface area contributed by atoms with Crippen molar-refractivity contribution in [1.29, 1.82) is 0 Å². The van der Waals surface area contributed by atoms with E-state index < -0.39 is 0 Å². The molecule has 1 aliphatic carbocycles. The van der Waals surface area contributed by atoms with Crippen molar-refractivity contribution in [1.82, 2.24) is 0 Å². The number of aliphatic hydroxyl groups is 1. The van der Waals surface area contributed by atoms with E-state index in [2.05, 4.69) is 4.84 Å². The third-order valence-corrected chi connectivity index (χ3v) is 2.24. The summed E-state index contributed by atoms with van der Waals surface area (Å²) in [6.45, 7) is 0.970. The van der Waals surface area contributed by atoms with Crippen LogP contribution < -0.4 is 5.90 Å². The average Bonchev–Trinajstić information content (AvgIpc) is 2.37. The summed E-state index contributed by atoms with van der Waals surface area (Å²) in [5.41, 5.74) is 0. The molecule has 0 amide bonds. The summed E-state index contributed by atoms with van der Waals surface area (Å²) in [6, 6.07) is 0. The Bertz CT molecular complexity index is 97.6. The van der Waals surface area contributed by atoms with Crippen LogP contribution >= 0.6 is 0 Å². The normalized spacial score (nSPS) is 33.0. The number of hydrogen-bond acceptors (Lipinski definition) is 3. The summed E-state index contributed by atoms with van der Waals surface area (Å²) in [6.07, 6.45) is 3.36. The Morgan fingerprint density at radius 3 is 2.60 bits per heavy atom. The van der Waals surface area contributed by atoms with Gasteiger partial charge >= 0.3 is 0 Å². The largest absolute Gasteiger partial charge is 0.396 e. The van der Waals surface area contributed by atoms with Crippen molar-refractivity contribution >= 4 is 0 Å². The molecule has 1 aliphatic rings. The molecular formula is C7H15NO2. The van der Waals surface area contributed by atoms with Gasteiger partial charge in [0.15, 0.2) is 0 Å². The van der Waals surface area contributed by atoms with Crippen LogP contribution in [-0.2, 0) is 4.84 Å². The fraction of sp³-hybridized carbons (Fsp3) is 1.00. The highest BCUT2D eigenvalue weighted by Crippen LogP contribution is 2.29. The molecule has 1 fully saturated rings. The molecule has 0 aromatic rings. The fourth-order valence-corrected chi connectivity index (χ4v) is 1.63. The quantitative estimate of drug-likeness (QED) is 0.561. The topological polar surface area (TPSA) is 55.5 Å². The summed E-state index contributed by atoms with van der Waals surface area (Å²) < 4.78 is 0. The molecule has 0 bridgehead atoms. The molecule has 0 heterocycles. The Balaban J connectivity index is 2.15. The van der Waals surface area contributed by atoms with Gasteiger partial charge in [-0.3, -0.25) is 0 Å². The Morgan fingerprint density at radius 2 is 2.10 bits per heavy atom. The lowest BCUT2D eigenvalue weighted by atomic mass is 10.1. The van der Waals surface area contributed by atoms with Crippen molar-refractivity contribution in [3.05, 3.63) is 0 Å². The molecule has 0 spiro atoms. The molecule has 2 unspecified atom stereocenters. The molecule has 3 nitrogen and oxygen atoms in total. The molecule has 0 aromatic carbocycles. The molecule has 0 aliphatic heterocycles. The van der Waals surface area contributed by atoms with E-state index in [4.69, 9.17) is 11.0 Å². The standard InChI is InChI=1S/C7H15NO2/c8-10-5-7-2-1-6(3-7)4-9/h6-7,9H,1-5,8H2. The maximum atomic E-state index is 8.78. The minimum atomic E-state index is 0.321. The van der Waals surface area contributed by atoms with Gasteiger partial charge in [-0.25, -0.2) is 5.90 Å². The zero-order valence-corrected chi connectivity index (χ0v) is 6.12. The van der Waals surface area contributed by atoms with Gasteiger partial charge in [-0.1, -0.05) is 0 Å². The smallest absolute Gasteiger partial charge is 0.0707 e. The van der Waals surface area contributed by atoms with E-state index in [9.17, 15) is 0 Å². The lowest BCUT2D eigenvalue weighted by Crippen LogP contribution is -2.10. The first-order chi connectivity index (χ1) is 4.86. The molecule has 1 saturated carbocycles. The van der Waals surface area contributed by atoms with E-state index in [1.807, 2.05) is 0 Å². The van der Waals surface area contributed by atoms with Crippen LogP contribution in [0, 0.1) is 11.8 Å². The maximum absolute atomic E-state index is 8.78. The molecule has 0 saturated heterocycles. The molecular weight excluding hydrogens is 130 g/mol. The SMILES string of the molecule is NOCC1CCC(CO)C1. The fourth-order valence-electron chi connectivity index (χ4n) is 1.63. The minimum Gasteiger partial charge on any atom is -0.396 e. The average molecular weight is 145 g/mol. The summed E-state index contributed by atoms with van der Waals surface area (Å²) in [5.74, 6) is 6.02. The second-order valence-corrected chi connectivity index (χ2v) is 3.06. The maximum Gasteiger partial charge on any atom is 0.0707 e. The number of hydrogen-bond donors (Lipinski definition) is 2. The van der Waals surface area contributed by atoms with Crippen molar-refractivity contribution in [2.75, 3.05) is 13.2 Å². The van der Waals surface area contributed by atoms with Crippen LogP contribution in [0.15, 0.2) is 0 Å². The van der Waals surface area contributed by atoms with Crippen LogP contribution in [0.3, 0.4) is 0 Å². The molecule has 1 rings (SSSR count). The van der Waals surface area contributed by atoms with Crippen molar-refractivity contribution in [3.8, 4) is 0 Å². The molecule has 60 valence electrons. The molecule has 3 N–H and O–H groups in total. The van der Waals surface area contributed by atoms with Gasteiger partial charge in [0.1, 0.15) is 0 Å².